The number of hydrogen-bond donors (Lipinski definition) is 0. The van der Waals surface area contributed by atoms with Gasteiger partial charge >= 0.3 is 29.6 Å². The third kappa shape index (κ3) is 2.74. The van der Waals surface area contributed by atoms with Crippen LogP contribution in [0, 0.1) is 0 Å². The summed E-state index contributed by atoms with van der Waals surface area (Å²) in [6.45, 7) is 0. The second-order valence-electron chi connectivity index (χ2n) is 0.816. The molecule has 0 fully saturated rings. The second kappa shape index (κ2) is 4.24. The van der Waals surface area contributed by atoms with E-state index < -0.39 is 0 Å². The zero-order chi connectivity index (χ0) is 4.24. The largest absolute Gasteiger partial charge is 1.00 e. The van der Waals surface area contributed by atoms with E-state index in [-0.39, 0.29) is 31.0 Å². The molecule has 0 saturated carbocycles. The quantitative estimate of drug-likeness (QED) is 0.337. The minimum atomic E-state index is 0. The first-order valence-electron chi connectivity index (χ1n) is 1.61. The van der Waals surface area contributed by atoms with Gasteiger partial charge in [-0.1, -0.05) is 0 Å². The van der Waals surface area contributed by atoms with Crippen molar-refractivity contribution in [3.8, 4) is 0 Å². The third-order valence-corrected chi connectivity index (χ3v) is 0.425. The Morgan fingerprint density at radius 2 is 1.14 bits per heavy atom. The van der Waals surface area contributed by atoms with Gasteiger partial charge in [0.05, 0.1) is 0 Å². The summed E-state index contributed by atoms with van der Waals surface area (Å²) < 4.78 is 9.17. The van der Waals surface area contributed by atoms with Gasteiger partial charge in [0, 0.05) is 0 Å². The van der Waals surface area contributed by atoms with Crippen LogP contribution in [0.3, 0.4) is 0 Å². The zero-order valence-electron chi connectivity index (χ0n) is 5.13. The van der Waals surface area contributed by atoms with Crippen molar-refractivity contribution in [2.24, 2.45) is 0 Å². The molecule has 0 aromatic rings. The van der Waals surface area contributed by atoms with Gasteiger partial charge < -0.3 is 10.9 Å². The fourth-order valence-electron chi connectivity index (χ4n) is 0.219. The summed E-state index contributed by atoms with van der Waals surface area (Å²) in [7, 11) is 0. The second-order valence-corrected chi connectivity index (χ2v) is 0.816. The van der Waals surface area contributed by atoms with Gasteiger partial charge in [-0.05, 0) is 0 Å². The summed E-state index contributed by atoms with van der Waals surface area (Å²) in [5, 5.41) is 0. The van der Waals surface area contributed by atoms with E-state index in [0.29, 0.717) is 0 Å². The van der Waals surface area contributed by atoms with Crippen LogP contribution in [0.25, 0.3) is 0 Å². The van der Waals surface area contributed by atoms with Crippen LogP contribution >= 0.6 is 0 Å². The molecule has 0 aromatic carbocycles. The van der Waals surface area contributed by atoms with Crippen LogP contribution in [-0.4, -0.2) is 0 Å². The Balaban J connectivity index is 0. The topological polar surface area (TPSA) is 18.5 Å². The molecule has 1 aliphatic rings. The molecular weight excluding hydrogens is 103 g/mol. The van der Waals surface area contributed by atoms with Gasteiger partial charge in [0.15, 0.2) is 0 Å². The van der Waals surface area contributed by atoms with Crippen molar-refractivity contribution in [3.05, 3.63) is 25.0 Å². The molecule has 0 saturated heterocycles. The van der Waals surface area contributed by atoms with Crippen LogP contribution in [-0.2, 0) is 9.47 Å². The standard InChI is InChI=1S/C4H4O2.Na.H/c1-2-6-4-3-5-1;;/h1-4H;;/q;+1;-1. The first kappa shape index (κ1) is 7.08. The molecule has 0 amide bonds. The van der Waals surface area contributed by atoms with E-state index in [9.17, 15) is 0 Å². The Morgan fingerprint density at radius 1 is 0.857 bits per heavy atom. The maximum Gasteiger partial charge on any atom is 1.00 e. The molecule has 7 heavy (non-hydrogen) atoms. The minimum Gasteiger partial charge on any atom is -1.00 e. The average Bonchev–Trinajstić information content (AvgIpc) is 1.72. The molecule has 2 nitrogen and oxygen atoms in total. The summed E-state index contributed by atoms with van der Waals surface area (Å²) in [5.41, 5.74) is 0. The Hall–Kier alpha value is 0.0800. The fourth-order valence-corrected chi connectivity index (χ4v) is 0.219. The van der Waals surface area contributed by atoms with Gasteiger partial charge in [-0.15, -0.1) is 0 Å². The summed E-state index contributed by atoms with van der Waals surface area (Å²) in [6, 6.07) is 0. The van der Waals surface area contributed by atoms with Gasteiger partial charge in [0.1, 0.15) is 25.0 Å². The Morgan fingerprint density at radius 3 is 1.29 bits per heavy atom. The molecule has 0 spiro atoms. The summed E-state index contributed by atoms with van der Waals surface area (Å²) in [6.07, 6.45) is 5.83. The van der Waals surface area contributed by atoms with E-state index in [0.717, 1.165) is 0 Å². The van der Waals surface area contributed by atoms with E-state index in [2.05, 4.69) is 9.47 Å². The fraction of sp³-hybridized carbons (Fsp3) is 0. The molecule has 0 bridgehead atoms. The van der Waals surface area contributed by atoms with Crippen LogP contribution in [0.4, 0.5) is 0 Å². The van der Waals surface area contributed by atoms with Crippen LogP contribution in [0.1, 0.15) is 1.43 Å². The molecule has 0 N–H and O–H groups in total. The SMILES string of the molecule is C1=COC=CO1.[H-].[Na+]. The van der Waals surface area contributed by atoms with Crippen LogP contribution in [0.2, 0.25) is 0 Å². The predicted octanol–water partition coefficient (Wildman–Crippen LogP) is -1.91. The number of hydrogen-bond acceptors (Lipinski definition) is 2. The maximum atomic E-state index is 4.58. The van der Waals surface area contributed by atoms with E-state index >= 15 is 0 Å². The van der Waals surface area contributed by atoms with Crippen molar-refractivity contribution < 1.29 is 40.5 Å². The van der Waals surface area contributed by atoms with E-state index in [1.165, 1.54) is 25.0 Å². The molecular formula is C4H5NaO2. The summed E-state index contributed by atoms with van der Waals surface area (Å²) in [4.78, 5) is 0. The monoisotopic (exact) mass is 108 g/mol. The Labute approximate surface area is 65.6 Å². The zero-order valence-corrected chi connectivity index (χ0v) is 6.13. The third-order valence-electron chi connectivity index (χ3n) is 0.425. The molecule has 0 aromatic heterocycles. The molecule has 0 radical (unpaired) electrons. The molecule has 34 valence electrons. The van der Waals surface area contributed by atoms with Gasteiger partial charge in [0.25, 0.3) is 0 Å². The van der Waals surface area contributed by atoms with Crippen molar-refractivity contribution in [1.29, 1.82) is 0 Å². The smallest absolute Gasteiger partial charge is 1.00 e. The van der Waals surface area contributed by atoms with Gasteiger partial charge in [0.2, 0.25) is 0 Å². The van der Waals surface area contributed by atoms with Gasteiger partial charge in [-0.2, -0.15) is 0 Å². The molecule has 0 unspecified atom stereocenters. The normalized spacial score (nSPS) is 13.7. The van der Waals surface area contributed by atoms with Crippen molar-refractivity contribution in [2.45, 2.75) is 0 Å². The maximum absolute atomic E-state index is 4.58. The van der Waals surface area contributed by atoms with Crippen LogP contribution < -0.4 is 29.6 Å². The minimum absolute atomic E-state index is 0. The number of rotatable bonds is 0. The average molecular weight is 108 g/mol. The van der Waals surface area contributed by atoms with E-state index in [1.807, 2.05) is 0 Å². The van der Waals surface area contributed by atoms with Crippen molar-refractivity contribution >= 4 is 0 Å². The Bertz CT molecular complexity index is 72.0. The summed E-state index contributed by atoms with van der Waals surface area (Å²) >= 11 is 0. The van der Waals surface area contributed by atoms with E-state index in [4.69, 9.17) is 0 Å². The molecule has 3 heteroatoms. The molecule has 0 atom stereocenters. The van der Waals surface area contributed by atoms with Crippen molar-refractivity contribution in [3.63, 3.8) is 0 Å². The summed E-state index contributed by atoms with van der Waals surface area (Å²) in [5.74, 6) is 0. The predicted molar refractivity (Wildman–Crippen MR) is 21.6 cm³/mol. The molecule has 0 aliphatic carbocycles. The Kier molecular flexibility index (Phi) is 4.29. The first-order valence-corrected chi connectivity index (χ1v) is 1.61. The van der Waals surface area contributed by atoms with Crippen LogP contribution in [0.5, 0.6) is 0 Å². The molecule has 1 aliphatic heterocycles. The van der Waals surface area contributed by atoms with Gasteiger partial charge in [-0.3, -0.25) is 0 Å². The molecule has 1 heterocycles. The first-order chi connectivity index (χ1) is 3.00. The number of ether oxygens (including phenoxy) is 2. The van der Waals surface area contributed by atoms with E-state index in [1.54, 1.807) is 0 Å². The van der Waals surface area contributed by atoms with Crippen molar-refractivity contribution in [1.82, 2.24) is 0 Å². The van der Waals surface area contributed by atoms with Crippen molar-refractivity contribution in [2.75, 3.05) is 0 Å². The van der Waals surface area contributed by atoms with Crippen LogP contribution in [0.15, 0.2) is 25.0 Å². The molecule has 1 rings (SSSR count). The van der Waals surface area contributed by atoms with Gasteiger partial charge in [-0.25, -0.2) is 0 Å².